The highest BCUT2D eigenvalue weighted by Gasteiger charge is 2.07. The summed E-state index contributed by atoms with van der Waals surface area (Å²) < 4.78 is 10.6. The number of carbonyl (C=O) groups is 1. The zero-order valence-corrected chi connectivity index (χ0v) is 11.7. The number of rotatable bonds is 5. The fraction of sp³-hybridized carbons (Fsp3) is 0.133. The van der Waals surface area contributed by atoms with Crippen LogP contribution in [-0.4, -0.2) is 19.6 Å². The SMILES string of the molecule is COc1ccccc1OCC(=O)Nc1cccc(Cl)c1. The molecule has 0 saturated heterocycles. The minimum atomic E-state index is -0.266. The molecule has 5 heteroatoms. The minimum Gasteiger partial charge on any atom is -0.493 e. The third-order valence-corrected chi connectivity index (χ3v) is 2.77. The molecule has 0 unspecified atom stereocenters. The van der Waals surface area contributed by atoms with Crippen molar-refractivity contribution in [2.45, 2.75) is 0 Å². The Labute approximate surface area is 122 Å². The molecule has 104 valence electrons. The van der Waals surface area contributed by atoms with Gasteiger partial charge >= 0.3 is 0 Å². The predicted octanol–water partition coefficient (Wildman–Crippen LogP) is 3.37. The second-order valence-corrected chi connectivity index (χ2v) is 4.43. The molecule has 20 heavy (non-hydrogen) atoms. The standard InChI is InChI=1S/C15H14ClNO3/c1-19-13-7-2-3-8-14(13)20-10-15(18)17-12-6-4-5-11(16)9-12/h2-9H,10H2,1H3,(H,17,18). The highest BCUT2D eigenvalue weighted by molar-refractivity contribution is 6.30. The van der Waals surface area contributed by atoms with Gasteiger partial charge in [0.15, 0.2) is 18.1 Å². The summed E-state index contributed by atoms with van der Waals surface area (Å²) in [7, 11) is 1.55. The van der Waals surface area contributed by atoms with E-state index in [4.69, 9.17) is 21.1 Å². The molecule has 0 atom stereocenters. The van der Waals surface area contributed by atoms with Gasteiger partial charge < -0.3 is 14.8 Å². The van der Waals surface area contributed by atoms with Gasteiger partial charge in [0.25, 0.3) is 5.91 Å². The molecule has 0 heterocycles. The van der Waals surface area contributed by atoms with E-state index in [2.05, 4.69) is 5.32 Å². The maximum atomic E-state index is 11.8. The van der Waals surface area contributed by atoms with Crippen LogP contribution in [0.1, 0.15) is 0 Å². The molecule has 0 aliphatic rings. The topological polar surface area (TPSA) is 47.6 Å². The van der Waals surface area contributed by atoms with Gasteiger partial charge in [-0.1, -0.05) is 29.8 Å². The monoisotopic (exact) mass is 291 g/mol. The van der Waals surface area contributed by atoms with Gasteiger partial charge in [0.05, 0.1) is 7.11 Å². The summed E-state index contributed by atoms with van der Waals surface area (Å²) >= 11 is 5.84. The van der Waals surface area contributed by atoms with Crippen molar-refractivity contribution in [1.29, 1.82) is 0 Å². The van der Waals surface area contributed by atoms with Crippen LogP contribution in [0.15, 0.2) is 48.5 Å². The van der Waals surface area contributed by atoms with Gasteiger partial charge in [0, 0.05) is 10.7 Å². The number of hydrogen-bond donors (Lipinski definition) is 1. The largest absolute Gasteiger partial charge is 0.493 e. The summed E-state index contributed by atoms with van der Waals surface area (Å²) in [5, 5.41) is 3.26. The fourth-order valence-corrected chi connectivity index (χ4v) is 1.83. The smallest absolute Gasteiger partial charge is 0.262 e. The van der Waals surface area contributed by atoms with E-state index >= 15 is 0 Å². The second-order valence-electron chi connectivity index (χ2n) is 4.00. The van der Waals surface area contributed by atoms with Gasteiger partial charge in [0.1, 0.15) is 0 Å². The number of benzene rings is 2. The highest BCUT2D eigenvalue weighted by atomic mass is 35.5. The number of nitrogens with one attached hydrogen (secondary N) is 1. The zero-order chi connectivity index (χ0) is 14.4. The van der Waals surface area contributed by atoms with Crippen LogP contribution in [0.2, 0.25) is 5.02 Å². The zero-order valence-electron chi connectivity index (χ0n) is 10.9. The average Bonchev–Trinajstić information content (AvgIpc) is 2.45. The lowest BCUT2D eigenvalue weighted by atomic mass is 10.3. The fourth-order valence-electron chi connectivity index (χ4n) is 1.64. The molecule has 2 aromatic carbocycles. The second kappa shape index (κ2) is 6.82. The molecule has 0 saturated carbocycles. The van der Waals surface area contributed by atoms with Crippen molar-refractivity contribution in [3.8, 4) is 11.5 Å². The summed E-state index contributed by atoms with van der Waals surface area (Å²) in [4.78, 5) is 11.8. The third-order valence-electron chi connectivity index (χ3n) is 2.54. The third kappa shape index (κ3) is 3.90. The van der Waals surface area contributed by atoms with Crippen LogP contribution in [0.25, 0.3) is 0 Å². The number of ether oxygens (including phenoxy) is 2. The normalized spacial score (nSPS) is 9.90. The molecule has 0 radical (unpaired) electrons. The van der Waals surface area contributed by atoms with Crippen molar-refractivity contribution >= 4 is 23.2 Å². The van der Waals surface area contributed by atoms with E-state index in [1.165, 1.54) is 0 Å². The maximum Gasteiger partial charge on any atom is 0.262 e. The Hall–Kier alpha value is -2.20. The first kappa shape index (κ1) is 14.2. The van der Waals surface area contributed by atoms with Crippen LogP contribution >= 0.6 is 11.6 Å². The predicted molar refractivity (Wildman–Crippen MR) is 78.6 cm³/mol. The number of methoxy groups -OCH3 is 1. The van der Waals surface area contributed by atoms with E-state index < -0.39 is 0 Å². The minimum absolute atomic E-state index is 0.104. The first-order valence-corrected chi connectivity index (χ1v) is 6.38. The number of hydrogen-bond acceptors (Lipinski definition) is 3. The van der Waals surface area contributed by atoms with Crippen molar-refractivity contribution in [2.24, 2.45) is 0 Å². The molecule has 0 aliphatic heterocycles. The van der Waals surface area contributed by atoms with Gasteiger partial charge in [-0.05, 0) is 30.3 Å². The first-order valence-electron chi connectivity index (χ1n) is 6.00. The Morgan fingerprint density at radius 2 is 1.90 bits per heavy atom. The molecule has 4 nitrogen and oxygen atoms in total. The van der Waals surface area contributed by atoms with Crippen molar-refractivity contribution in [1.82, 2.24) is 0 Å². The van der Waals surface area contributed by atoms with Gasteiger partial charge in [-0.3, -0.25) is 4.79 Å². The lowest BCUT2D eigenvalue weighted by Gasteiger charge is -2.10. The lowest BCUT2D eigenvalue weighted by molar-refractivity contribution is -0.118. The molecule has 1 N–H and O–H groups in total. The highest BCUT2D eigenvalue weighted by Crippen LogP contribution is 2.25. The van der Waals surface area contributed by atoms with Gasteiger partial charge in [0.2, 0.25) is 0 Å². The van der Waals surface area contributed by atoms with E-state index in [1.54, 1.807) is 43.5 Å². The van der Waals surface area contributed by atoms with Crippen LogP contribution in [0.3, 0.4) is 0 Å². The van der Waals surface area contributed by atoms with Crippen LogP contribution in [0.4, 0.5) is 5.69 Å². The molecule has 1 amide bonds. The van der Waals surface area contributed by atoms with Gasteiger partial charge in [-0.25, -0.2) is 0 Å². The van der Waals surface area contributed by atoms with E-state index in [0.29, 0.717) is 22.2 Å². The van der Waals surface area contributed by atoms with E-state index in [0.717, 1.165) is 0 Å². The molecule has 2 rings (SSSR count). The number of anilines is 1. The Kier molecular flexibility index (Phi) is 4.85. The van der Waals surface area contributed by atoms with E-state index in [1.807, 2.05) is 12.1 Å². The van der Waals surface area contributed by atoms with Gasteiger partial charge in [-0.15, -0.1) is 0 Å². The molecule has 0 aromatic heterocycles. The van der Waals surface area contributed by atoms with Crippen LogP contribution in [0, 0.1) is 0 Å². The summed E-state index contributed by atoms with van der Waals surface area (Å²) in [5.41, 5.74) is 0.631. The molecule has 0 fully saturated rings. The number of para-hydroxylation sites is 2. The molecular weight excluding hydrogens is 278 g/mol. The molecule has 0 spiro atoms. The molecule has 0 aliphatic carbocycles. The van der Waals surface area contributed by atoms with Crippen molar-refractivity contribution in [3.05, 3.63) is 53.6 Å². The van der Waals surface area contributed by atoms with E-state index in [9.17, 15) is 4.79 Å². The van der Waals surface area contributed by atoms with Crippen LogP contribution < -0.4 is 14.8 Å². The van der Waals surface area contributed by atoms with Gasteiger partial charge in [-0.2, -0.15) is 0 Å². The summed E-state index contributed by atoms with van der Waals surface area (Å²) in [6.07, 6.45) is 0. The van der Waals surface area contributed by atoms with Crippen molar-refractivity contribution in [3.63, 3.8) is 0 Å². The lowest BCUT2D eigenvalue weighted by Crippen LogP contribution is -2.20. The number of carbonyl (C=O) groups excluding carboxylic acids is 1. The van der Waals surface area contributed by atoms with Crippen molar-refractivity contribution in [2.75, 3.05) is 19.0 Å². The molecule has 2 aromatic rings. The quantitative estimate of drug-likeness (QED) is 0.919. The van der Waals surface area contributed by atoms with E-state index in [-0.39, 0.29) is 12.5 Å². The number of amides is 1. The summed E-state index contributed by atoms with van der Waals surface area (Å²) in [6, 6.07) is 14.1. The first-order chi connectivity index (χ1) is 9.69. The Bertz CT molecular complexity index is 601. The summed E-state index contributed by atoms with van der Waals surface area (Å²) in [5.74, 6) is 0.845. The Morgan fingerprint density at radius 1 is 1.15 bits per heavy atom. The average molecular weight is 292 g/mol. The van der Waals surface area contributed by atoms with Crippen LogP contribution in [-0.2, 0) is 4.79 Å². The molecular formula is C15H14ClNO3. The van der Waals surface area contributed by atoms with Crippen LogP contribution in [0.5, 0.6) is 11.5 Å². The Balaban J connectivity index is 1.92. The maximum absolute atomic E-state index is 11.8. The number of halogens is 1. The molecule has 0 bridgehead atoms. The van der Waals surface area contributed by atoms with Crippen molar-refractivity contribution < 1.29 is 14.3 Å². The summed E-state index contributed by atoms with van der Waals surface area (Å²) in [6.45, 7) is -0.104. The Morgan fingerprint density at radius 3 is 2.60 bits per heavy atom.